The molecule has 10 heavy (non-hydrogen) atoms. The van der Waals surface area contributed by atoms with Crippen LogP contribution in [0.25, 0.3) is 0 Å². The fourth-order valence-corrected chi connectivity index (χ4v) is 0. The van der Waals surface area contributed by atoms with Crippen LogP contribution in [0, 0.1) is 47.3 Å². The number of nitrogens with zero attached hydrogens (tertiary/aromatic N) is 4. The third-order valence-corrected chi connectivity index (χ3v) is 0. The Balaban J connectivity index is -0.00000000500. The third-order valence-electron chi connectivity index (χ3n) is 0. The Morgan fingerprint density at radius 1 is 0.500 bits per heavy atom. The maximum absolute atomic E-state index is 6.25. The Hall–Kier alpha value is -0.417. The van der Waals surface area contributed by atoms with Crippen LogP contribution in [0.4, 0.5) is 0 Å². The van der Waals surface area contributed by atoms with Gasteiger partial charge in [0.15, 0.2) is 0 Å². The van der Waals surface area contributed by atoms with Crippen LogP contribution in [0.1, 0.15) is 0 Å². The Morgan fingerprint density at radius 2 is 0.500 bits per heavy atom. The first-order valence-corrected chi connectivity index (χ1v) is 0.894. The van der Waals surface area contributed by atoms with Crippen molar-refractivity contribution < 1.29 is 49.0 Å². The van der Waals surface area contributed by atoms with Crippen molar-refractivity contribution in [1.82, 2.24) is 0 Å². The van der Waals surface area contributed by atoms with Crippen LogP contribution in [0.5, 0.6) is 0 Å². The molecule has 0 aromatic carbocycles. The van der Waals surface area contributed by atoms with Crippen LogP contribution in [0.15, 0.2) is 0 Å². The summed E-state index contributed by atoms with van der Waals surface area (Å²) in [5, 5.41) is 25.0. The van der Waals surface area contributed by atoms with Gasteiger partial charge in [-0.25, -0.2) is 0 Å². The first-order valence-electron chi connectivity index (χ1n) is 0.894. The van der Waals surface area contributed by atoms with E-state index < -0.39 is 0 Å². The summed E-state index contributed by atoms with van der Waals surface area (Å²) in [6.07, 6.45) is 0. The molecule has 0 amide bonds. The maximum Gasteiger partial charge on any atom is 2.00 e. The van der Waals surface area contributed by atoms with Crippen LogP contribution >= 0.6 is 0 Å². The zero-order valence-corrected chi connectivity index (χ0v) is 10.5. The van der Waals surface area contributed by atoms with Gasteiger partial charge in [-0.1, -0.05) is 0 Å². The Kier molecular flexibility index (Phi) is 15600. The van der Waals surface area contributed by atoms with Gasteiger partial charge in [0.1, 0.15) is 0 Å². The summed E-state index contributed by atoms with van der Waals surface area (Å²) in [6, 6.07) is 0. The topological polar surface area (TPSA) is 95.2 Å². The van der Waals surface area contributed by atoms with E-state index in [2.05, 4.69) is 0 Å². The normalized spacial score (nSPS) is 0.800. The third kappa shape index (κ3) is 1890. The van der Waals surface area contributed by atoms with Crippen molar-refractivity contribution in [2.45, 2.75) is 0 Å². The molecular weight excluding hydrogens is 192 g/mol. The summed E-state index contributed by atoms with van der Waals surface area (Å²) >= 11 is 0. The Morgan fingerprint density at radius 3 is 0.500 bits per heavy atom. The number of rotatable bonds is 0. The first-order chi connectivity index (χ1) is 4.00. The largest absolute Gasteiger partial charge is 2.00 e. The molecule has 0 unspecified atom stereocenters. The van der Waals surface area contributed by atoms with Crippen molar-refractivity contribution in [1.29, 1.82) is 21.0 Å². The second-order valence-electron chi connectivity index (χ2n) is 0. The predicted octanol–water partition coefficient (Wildman–Crippen LogP) is -2.61. The molecule has 0 fully saturated rings. The van der Waals surface area contributed by atoms with E-state index in [1.54, 1.807) is 0 Å². The molecule has 0 aliphatic carbocycles. The van der Waals surface area contributed by atoms with Crippen LogP contribution in [0.2, 0.25) is 0 Å². The van der Waals surface area contributed by atoms with Gasteiger partial charge in [0.25, 0.3) is 0 Å². The van der Waals surface area contributed by atoms with E-state index in [9.17, 15) is 0 Å². The Labute approximate surface area is 95.7 Å². The molecule has 0 saturated heterocycles. The minimum atomic E-state index is 0. The Bertz CT molecular complexity index is 60.2. The molecule has 0 radical (unpaired) electrons. The van der Waals surface area contributed by atoms with Crippen LogP contribution < -0.4 is 29.6 Å². The van der Waals surface area contributed by atoms with Gasteiger partial charge < -0.3 is 47.3 Å². The van der Waals surface area contributed by atoms with Gasteiger partial charge in [-0.05, 0) is 0 Å². The SMILES string of the molecule is [C-]#N.[C-]#N.[C-]#N.[C-]#N.[Na+].[Zn+2]. The van der Waals surface area contributed by atoms with Crippen LogP contribution in [0.3, 0.4) is 0 Å². The minimum absolute atomic E-state index is 0. The van der Waals surface area contributed by atoms with Crippen molar-refractivity contribution in [3.05, 3.63) is 26.3 Å². The molecule has 0 saturated carbocycles. The van der Waals surface area contributed by atoms with Gasteiger partial charge >= 0.3 is 49.0 Å². The van der Waals surface area contributed by atoms with E-state index in [1.807, 2.05) is 0 Å². The van der Waals surface area contributed by atoms with Gasteiger partial charge in [-0.15, -0.1) is 0 Å². The van der Waals surface area contributed by atoms with Gasteiger partial charge in [0.2, 0.25) is 0 Å². The minimum Gasteiger partial charge on any atom is -0.512 e. The smallest absolute Gasteiger partial charge is 0.512 e. The standard InChI is InChI=1S/4CN.Na.Zn/c4*1-2;;/q4*-1;+1;+2. The zero-order chi connectivity index (χ0) is 8.00. The summed E-state index contributed by atoms with van der Waals surface area (Å²) in [6.45, 7) is 19.0. The van der Waals surface area contributed by atoms with Crippen molar-refractivity contribution in [3.63, 3.8) is 0 Å². The molecular formula is C4N4NaZn-. The van der Waals surface area contributed by atoms with Crippen molar-refractivity contribution in [2.24, 2.45) is 0 Å². The van der Waals surface area contributed by atoms with Gasteiger partial charge in [-0.2, -0.15) is 0 Å². The van der Waals surface area contributed by atoms with Crippen molar-refractivity contribution in [3.8, 4) is 0 Å². The monoisotopic (exact) mass is 191 g/mol. The first kappa shape index (κ1) is 55.0. The van der Waals surface area contributed by atoms with Gasteiger partial charge in [0, 0.05) is 0 Å². The quantitative estimate of drug-likeness (QED) is 0.310. The van der Waals surface area contributed by atoms with Crippen molar-refractivity contribution >= 4 is 0 Å². The van der Waals surface area contributed by atoms with Crippen LogP contribution in [-0.2, 0) is 19.5 Å². The van der Waals surface area contributed by atoms with E-state index in [-0.39, 0.29) is 49.0 Å². The number of hydrogen-bond donors (Lipinski definition) is 0. The molecule has 0 bridgehead atoms. The molecule has 4 nitrogen and oxygen atoms in total. The summed E-state index contributed by atoms with van der Waals surface area (Å²) in [5.74, 6) is 0. The molecule has 0 atom stereocenters. The maximum atomic E-state index is 6.25. The molecule has 6 heteroatoms. The molecule has 40 valence electrons. The molecule has 0 aromatic heterocycles. The van der Waals surface area contributed by atoms with Crippen molar-refractivity contribution in [2.75, 3.05) is 0 Å². The summed E-state index contributed by atoms with van der Waals surface area (Å²) in [4.78, 5) is 0. The predicted molar refractivity (Wildman–Crippen MR) is 19.9 cm³/mol. The molecule has 0 aliphatic heterocycles. The van der Waals surface area contributed by atoms with Crippen LogP contribution in [-0.4, -0.2) is 0 Å². The summed E-state index contributed by atoms with van der Waals surface area (Å²) in [5.41, 5.74) is 0. The average molecular weight is 192 g/mol. The summed E-state index contributed by atoms with van der Waals surface area (Å²) < 4.78 is 0. The van der Waals surface area contributed by atoms with Gasteiger partial charge in [0.05, 0.1) is 0 Å². The zero-order valence-electron chi connectivity index (χ0n) is 5.50. The van der Waals surface area contributed by atoms with E-state index in [4.69, 9.17) is 47.3 Å². The average Bonchev–Trinajstić information content (AvgIpc) is 2.03. The second kappa shape index (κ2) is 2840. The molecule has 0 heterocycles. The molecule has 0 N–H and O–H groups in total. The fourth-order valence-electron chi connectivity index (χ4n) is 0. The van der Waals surface area contributed by atoms with E-state index in [1.165, 1.54) is 0 Å². The second-order valence-corrected chi connectivity index (χ2v) is 0. The van der Waals surface area contributed by atoms with Gasteiger partial charge in [-0.3, -0.25) is 0 Å². The molecule has 0 rings (SSSR count). The fraction of sp³-hybridized carbons (Fsp3) is 0. The van der Waals surface area contributed by atoms with E-state index in [0.29, 0.717) is 0 Å². The molecule has 0 spiro atoms. The van der Waals surface area contributed by atoms with E-state index in [0.717, 1.165) is 0 Å². The summed E-state index contributed by atoms with van der Waals surface area (Å²) in [7, 11) is 0. The molecule has 0 aromatic rings. The number of hydrogen-bond acceptors (Lipinski definition) is 4. The van der Waals surface area contributed by atoms with E-state index >= 15 is 0 Å². The molecule has 0 aliphatic rings.